The molecule has 1 saturated carbocycles. The Kier molecular flexibility index (Phi) is 4.70. The van der Waals surface area contributed by atoms with Crippen molar-refractivity contribution in [3.05, 3.63) is 29.3 Å². The summed E-state index contributed by atoms with van der Waals surface area (Å²) in [5, 5.41) is 0. The molecule has 2 rings (SSSR count). The normalized spacial score (nSPS) is 17.2. The van der Waals surface area contributed by atoms with Crippen LogP contribution in [0.1, 0.15) is 43.7 Å². The van der Waals surface area contributed by atoms with Crippen LogP contribution in [0.5, 0.6) is 0 Å². The molecular weight excluding hydrogens is 304 g/mol. The molecule has 0 atom stereocenters. The van der Waals surface area contributed by atoms with Gasteiger partial charge in [0.25, 0.3) is 0 Å². The zero-order chi connectivity index (χ0) is 15.7. The largest absolute Gasteiger partial charge is 0.389 e. The monoisotopic (exact) mass is 326 g/mol. The number of aryl methyl sites for hydroxylation is 1. The topological polar surface area (TPSA) is 72.2 Å². The van der Waals surface area contributed by atoms with E-state index in [0.29, 0.717) is 12.1 Å². The molecule has 1 aromatic carbocycles. The lowest BCUT2D eigenvalue weighted by Crippen LogP contribution is -2.41. The average molecular weight is 326 g/mol. The van der Waals surface area contributed by atoms with Crippen LogP contribution in [0.25, 0.3) is 0 Å². The van der Waals surface area contributed by atoms with Crippen LogP contribution in [-0.2, 0) is 10.0 Å². The maximum absolute atomic E-state index is 12.4. The minimum absolute atomic E-state index is 0.154. The standard InChI is InChI=1S/C15H22N2O2S2/c1-3-15(7-4-8-15)10-17-21(18,19)12-5-6-13(14(16)20)11(2)9-12/h5-6,9,17H,3-4,7-8,10H2,1-2H3,(H2,16,20). The Hall–Kier alpha value is -0.980. The van der Waals surface area contributed by atoms with E-state index in [9.17, 15) is 8.42 Å². The molecule has 3 N–H and O–H groups in total. The summed E-state index contributed by atoms with van der Waals surface area (Å²) in [6.07, 6.45) is 4.41. The Balaban J connectivity index is 2.16. The van der Waals surface area contributed by atoms with Gasteiger partial charge in [0, 0.05) is 12.1 Å². The van der Waals surface area contributed by atoms with Crippen molar-refractivity contribution in [3.8, 4) is 0 Å². The van der Waals surface area contributed by atoms with Gasteiger partial charge in [-0.1, -0.05) is 31.6 Å². The summed E-state index contributed by atoms with van der Waals surface area (Å²) in [6.45, 7) is 4.45. The maximum atomic E-state index is 12.4. The van der Waals surface area contributed by atoms with Gasteiger partial charge in [0.15, 0.2) is 0 Å². The van der Waals surface area contributed by atoms with E-state index < -0.39 is 10.0 Å². The lowest BCUT2D eigenvalue weighted by molar-refractivity contribution is 0.133. The Bertz CT molecular complexity index is 644. The smallest absolute Gasteiger partial charge is 0.240 e. The van der Waals surface area contributed by atoms with Crippen molar-refractivity contribution in [3.63, 3.8) is 0 Å². The molecule has 6 heteroatoms. The van der Waals surface area contributed by atoms with Gasteiger partial charge in [-0.25, -0.2) is 13.1 Å². The van der Waals surface area contributed by atoms with E-state index in [-0.39, 0.29) is 15.3 Å². The second-order valence-corrected chi connectivity index (χ2v) is 8.08. The molecule has 1 aliphatic carbocycles. The third-order valence-corrected chi connectivity index (χ3v) is 6.19. The van der Waals surface area contributed by atoms with E-state index in [1.807, 2.05) is 6.92 Å². The lowest BCUT2D eigenvalue weighted by Gasteiger charge is -2.41. The second kappa shape index (κ2) is 6.02. The predicted molar refractivity (Wildman–Crippen MR) is 88.8 cm³/mol. The van der Waals surface area contributed by atoms with Gasteiger partial charge in [0.05, 0.1) is 4.90 Å². The summed E-state index contributed by atoms with van der Waals surface area (Å²) >= 11 is 4.94. The van der Waals surface area contributed by atoms with E-state index in [0.717, 1.165) is 24.8 Å². The number of sulfonamides is 1. The Morgan fingerprint density at radius 2 is 2.10 bits per heavy atom. The number of nitrogens with two attached hydrogens (primary N) is 1. The van der Waals surface area contributed by atoms with Crippen LogP contribution in [-0.4, -0.2) is 20.0 Å². The number of benzene rings is 1. The molecule has 0 heterocycles. The van der Waals surface area contributed by atoms with Crippen LogP contribution in [0.2, 0.25) is 0 Å². The molecule has 0 bridgehead atoms. The van der Waals surface area contributed by atoms with Crippen LogP contribution in [0.15, 0.2) is 23.1 Å². The fourth-order valence-electron chi connectivity index (χ4n) is 2.74. The first-order valence-corrected chi connectivity index (χ1v) is 9.09. The highest BCUT2D eigenvalue weighted by Crippen LogP contribution is 2.43. The maximum Gasteiger partial charge on any atom is 0.240 e. The predicted octanol–water partition coefficient (Wildman–Crippen LogP) is 2.49. The molecule has 0 saturated heterocycles. The third-order valence-electron chi connectivity index (χ3n) is 4.58. The van der Waals surface area contributed by atoms with Gasteiger partial charge in [-0.05, 0) is 49.3 Å². The van der Waals surface area contributed by atoms with Crippen LogP contribution >= 0.6 is 12.2 Å². The number of hydrogen-bond donors (Lipinski definition) is 2. The SMILES string of the molecule is CCC1(CNS(=O)(=O)c2ccc(C(N)=S)c(C)c2)CCC1. The number of thiocarbonyl (C=S) groups is 1. The molecule has 0 radical (unpaired) electrons. The zero-order valence-electron chi connectivity index (χ0n) is 12.5. The molecule has 0 aromatic heterocycles. The summed E-state index contributed by atoms with van der Waals surface area (Å²) in [4.78, 5) is 0.550. The van der Waals surface area contributed by atoms with Crippen molar-refractivity contribution in [2.24, 2.45) is 11.1 Å². The second-order valence-electron chi connectivity index (χ2n) is 5.87. The summed E-state index contributed by atoms with van der Waals surface area (Å²) in [5.74, 6) is 0. The molecule has 0 amide bonds. The Morgan fingerprint density at radius 1 is 1.43 bits per heavy atom. The van der Waals surface area contributed by atoms with Gasteiger partial charge >= 0.3 is 0 Å². The minimum Gasteiger partial charge on any atom is -0.389 e. The van der Waals surface area contributed by atoms with Crippen LogP contribution in [0.4, 0.5) is 0 Å². The van der Waals surface area contributed by atoms with E-state index in [1.54, 1.807) is 18.2 Å². The molecule has 0 unspecified atom stereocenters. The highest BCUT2D eigenvalue weighted by Gasteiger charge is 2.36. The number of rotatable bonds is 6. The molecule has 4 nitrogen and oxygen atoms in total. The number of hydrogen-bond acceptors (Lipinski definition) is 3. The fourth-order valence-corrected chi connectivity index (χ4v) is 4.21. The minimum atomic E-state index is -3.48. The molecule has 1 aromatic rings. The summed E-state index contributed by atoms with van der Waals surface area (Å²) in [6, 6.07) is 4.85. The fraction of sp³-hybridized carbons (Fsp3) is 0.533. The number of nitrogens with one attached hydrogen (secondary N) is 1. The first-order chi connectivity index (χ1) is 9.80. The van der Waals surface area contributed by atoms with Crippen LogP contribution in [0, 0.1) is 12.3 Å². The zero-order valence-corrected chi connectivity index (χ0v) is 14.1. The van der Waals surface area contributed by atoms with Gasteiger partial charge in [0.2, 0.25) is 10.0 Å². The highest BCUT2D eigenvalue weighted by atomic mass is 32.2. The van der Waals surface area contributed by atoms with Gasteiger partial charge in [0.1, 0.15) is 4.99 Å². The molecule has 21 heavy (non-hydrogen) atoms. The van der Waals surface area contributed by atoms with E-state index in [4.69, 9.17) is 18.0 Å². The van der Waals surface area contributed by atoms with Crippen molar-refractivity contribution < 1.29 is 8.42 Å². The molecular formula is C15H22N2O2S2. The molecule has 1 aliphatic rings. The van der Waals surface area contributed by atoms with Crippen molar-refractivity contribution in [2.75, 3.05) is 6.54 Å². The van der Waals surface area contributed by atoms with Crippen LogP contribution < -0.4 is 10.5 Å². The first-order valence-electron chi connectivity index (χ1n) is 7.20. The quantitative estimate of drug-likeness (QED) is 0.788. The molecule has 116 valence electrons. The van der Waals surface area contributed by atoms with Crippen molar-refractivity contribution in [1.82, 2.24) is 4.72 Å². The van der Waals surface area contributed by atoms with Crippen molar-refractivity contribution in [2.45, 2.75) is 44.4 Å². The summed E-state index contributed by atoms with van der Waals surface area (Å²) in [5.41, 5.74) is 7.25. The lowest BCUT2D eigenvalue weighted by atomic mass is 9.67. The van der Waals surface area contributed by atoms with Gasteiger partial charge < -0.3 is 5.73 Å². The average Bonchev–Trinajstić information content (AvgIpc) is 2.37. The van der Waals surface area contributed by atoms with Gasteiger partial charge in [-0.15, -0.1) is 0 Å². The summed E-state index contributed by atoms with van der Waals surface area (Å²) < 4.78 is 27.5. The van der Waals surface area contributed by atoms with E-state index in [2.05, 4.69) is 11.6 Å². The third kappa shape index (κ3) is 3.44. The highest BCUT2D eigenvalue weighted by molar-refractivity contribution is 7.89. The Morgan fingerprint density at radius 3 is 2.52 bits per heavy atom. The van der Waals surface area contributed by atoms with Crippen molar-refractivity contribution >= 4 is 27.2 Å². The molecule has 0 aliphatic heterocycles. The van der Waals surface area contributed by atoms with Crippen LogP contribution in [0.3, 0.4) is 0 Å². The first kappa shape index (κ1) is 16.4. The Labute approximate surface area is 132 Å². The van der Waals surface area contributed by atoms with E-state index in [1.165, 1.54) is 6.42 Å². The van der Waals surface area contributed by atoms with Gasteiger partial charge in [-0.2, -0.15) is 0 Å². The van der Waals surface area contributed by atoms with E-state index >= 15 is 0 Å². The summed E-state index contributed by atoms with van der Waals surface area (Å²) in [7, 11) is -3.48. The molecule has 1 fully saturated rings. The van der Waals surface area contributed by atoms with Crippen molar-refractivity contribution in [1.29, 1.82) is 0 Å². The van der Waals surface area contributed by atoms with Gasteiger partial charge in [-0.3, -0.25) is 0 Å². The molecule has 0 spiro atoms.